The smallest absolute Gasteiger partial charge is 0.0221 e. The summed E-state index contributed by atoms with van der Waals surface area (Å²) in [6.45, 7) is 14.5. The van der Waals surface area contributed by atoms with E-state index in [0.29, 0.717) is 11.5 Å². The minimum absolute atomic E-state index is 0.519. The fourth-order valence-electron chi connectivity index (χ4n) is 4.19. The first-order valence-corrected chi connectivity index (χ1v) is 8.48. The lowest BCUT2D eigenvalue weighted by Crippen LogP contribution is -2.62. The number of nitrogens with one attached hydrogen (secondary N) is 1. The second-order valence-electron chi connectivity index (χ2n) is 7.56. The highest BCUT2D eigenvalue weighted by Gasteiger charge is 2.42. The summed E-state index contributed by atoms with van der Waals surface area (Å²) in [5, 5.41) is 3.81. The molecule has 2 heteroatoms. The summed E-state index contributed by atoms with van der Waals surface area (Å²) >= 11 is 0. The first kappa shape index (κ1) is 15.3. The van der Waals surface area contributed by atoms with Gasteiger partial charge in [0.2, 0.25) is 0 Å². The molecule has 112 valence electrons. The lowest BCUT2D eigenvalue weighted by Gasteiger charge is -2.48. The Morgan fingerprint density at radius 3 is 2.58 bits per heavy atom. The molecule has 1 aliphatic carbocycles. The van der Waals surface area contributed by atoms with Crippen molar-refractivity contribution in [3.05, 3.63) is 0 Å². The molecule has 0 aromatic heterocycles. The molecule has 2 aliphatic rings. The van der Waals surface area contributed by atoms with Gasteiger partial charge in [0.05, 0.1) is 0 Å². The van der Waals surface area contributed by atoms with Gasteiger partial charge in [0.1, 0.15) is 0 Å². The zero-order chi connectivity index (χ0) is 14.0. The molecule has 1 saturated carbocycles. The van der Waals surface area contributed by atoms with Crippen LogP contribution in [-0.2, 0) is 0 Å². The molecule has 2 nitrogen and oxygen atoms in total. The molecule has 2 fully saturated rings. The van der Waals surface area contributed by atoms with Crippen molar-refractivity contribution in [1.82, 2.24) is 10.2 Å². The van der Waals surface area contributed by atoms with Crippen LogP contribution in [0.2, 0.25) is 0 Å². The molecule has 2 rings (SSSR count). The van der Waals surface area contributed by atoms with Crippen molar-refractivity contribution in [1.29, 1.82) is 0 Å². The van der Waals surface area contributed by atoms with Gasteiger partial charge in [-0.1, -0.05) is 47.5 Å². The Balaban J connectivity index is 2.10. The van der Waals surface area contributed by atoms with E-state index in [1.54, 1.807) is 0 Å². The fourth-order valence-corrected chi connectivity index (χ4v) is 4.19. The van der Waals surface area contributed by atoms with Crippen LogP contribution in [0.4, 0.5) is 0 Å². The van der Waals surface area contributed by atoms with Gasteiger partial charge in [-0.05, 0) is 30.6 Å². The van der Waals surface area contributed by atoms with E-state index in [0.717, 1.165) is 18.0 Å². The molecule has 0 aromatic carbocycles. The Kier molecular flexibility index (Phi) is 4.94. The first-order valence-electron chi connectivity index (χ1n) is 8.48. The quantitative estimate of drug-likeness (QED) is 0.835. The molecular weight excluding hydrogens is 232 g/mol. The van der Waals surface area contributed by atoms with Crippen LogP contribution in [0.25, 0.3) is 0 Å². The van der Waals surface area contributed by atoms with E-state index in [1.807, 2.05) is 0 Å². The SMILES string of the molecule is CCC(C)C1CN(C2CCCC2(C)C)C(CC)CN1. The highest BCUT2D eigenvalue weighted by molar-refractivity contribution is 4.98. The third-order valence-electron chi connectivity index (χ3n) is 5.90. The number of piperazine rings is 1. The van der Waals surface area contributed by atoms with Crippen molar-refractivity contribution in [2.24, 2.45) is 11.3 Å². The van der Waals surface area contributed by atoms with Gasteiger partial charge in [0, 0.05) is 31.2 Å². The van der Waals surface area contributed by atoms with Crippen molar-refractivity contribution in [3.63, 3.8) is 0 Å². The zero-order valence-corrected chi connectivity index (χ0v) is 13.7. The maximum absolute atomic E-state index is 3.81. The monoisotopic (exact) mass is 266 g/mol. The van der Waals surface area contributed by atoms with E-state index >= 15 is 0 Å². The second kappa shape index (κ2) is 6.13. The summed E-state index contributed by atoms with van der Waals surface area (Å²) in [6, 6.07) is 2.26. The number of nitrogens with zero attached hydrogens (tertiary/aromatic N) is 1. The highest BCUT2D eigenvalue weighted by atomic mass is 15.3. The average molecular weight is 266 g/mol. The van der Waals surface area contributed by atoms with Gasteiger partial charge in [-0.15, -0.1) is 0 Å². The van der Waals surface area contributed by atoms with Crippen LogP contribution < -0.4 is 5.32 Å². The van der Waals surface area contributed by atoms with E-state index in [-0.39, 0.29) is 0 Å². The Morgan fingerprint density at radius 1 is 1.32 bits per heavy atom. The summed E-state index contributed by atoms with van der Waals surface area (Å²) in [4.78, 5) is 2.88. The van der Waals surface area contributed by atoms with E-state index < -0.39 is 0 Å². The van der Waals surface area contributed by atoms with Gasteiger partial charge in [0.25, 0.3) is 0 Å². The first-order chi connectivity index (χ1) is 8.99. The summed E-state index contributed by atoms with van der Waals surface area (Å²) in [7, 11) is 0. The summed E-state index contributed by atoms with van der Waals surface area (Å²) in [5.41, 5.74) is 0.519. The molecule has 1 saturated heterocycles. The molecule has 0 radical (unpaired) electrons. The van der Waals surface area contributed by atoms with E-state index in [1.165, 1.54) is 45.2 Å². The van der Waals surface area contributed by atoms with Crippen LogP contribution in [0.3, 0.4) is 0 Å². The molecular formula is C17H34N2. The minimum Gasteiger partial charge on any atom is -0.311 e. The highest BCUT2D eigenvalue weighted by Crippen LogP contribution is 2.42. The molecule has 4 unspecified atom stereocenters. The van der Waals surface area contributed by atoms with Crippen LogP contribution >= 0.6 is 0 Å². The maximum Gasteiger partial charge on any atom is 0.0221 e. The number of rotatable bonds is 4. The Labute approximate surface area is 120 Å². The zero-order valence-electron chi connectivity index (χ0n) is 13.7. The van der Waals surface area contributed by atoms with Crippen LogP contribution in [0.15, 0.2) is 0 Å². The maximum atomic E-state index is 3.81. The molecule has 0 aromatic rings. The third kappa shape index (κ3) is 3.16. The molecule has 4 atom stereocenters. The van der Waals surface area contributed by atoms with Crippen molar-refractivity contribution < 1.29 is 0 Å². The van der Waals surface area contributed by atoms with Gasteiger partial charge < -0.3 is 5.32 Å². The van der Waals surface area contributed by atoms with E-state index in [4.69, 9.17) is 0 Å². The predicted octanol–water partition coefficient (Wildman–Crippen LogP) is 3.66. The average Bonchev–Trinajstić information content (AvgIpc) is 2.76. The lowest BCUT2D eigenvalue weighted by molar-refractivity contribution is 0.0239. The van der Waals surface area contributed by atoms with E-state index in [9.17, 15) is 0 Å². The normalized spacial score (nSPS) is 37.4. The molecule has 0 amide bonds. The van der Waals surface area contributed by atoms with E-state index in [2.05, 4.69) is 44.8 Å². The molecule has 0 bridgehead atoms. The molecule has 1 N–H and O–H groups in total. The molecule has 0 spiro atoms. The van der Waals surface area contributed by atoms with Gasteiger partial charge >= 0.3 is 0 Å². The van der Waals surface area contributed by atoms with Gasteiger partial charge in [-0.25, -0.2) is 0 Å². The lowest BCUT2D eigenvalue weighted by atomic mass is 9.83. The van der Waals surface area contributed by atoms with Gasteiger partial charge in [0.15, 0.2) is 0 Å². The minimum atomic E-state index is 0.519. The molecule has 19 heavy (non-hydrogen) atoms. The Morgan fingerprint density at radius 2 is 2.05 bits per heavy atom. The predicted molar refractivity (Wildman–Crippen MR) is 83.5 cm³/mol. The summed E-state index contributed by atoms with van der Waals surface area (Å²) in [6.07, 6.45) is 6.82. The van der Waals surface area contributed by atoms with Crippen LogP contribution in [0.5, 0.6) is 0 Å². The van der Waals surface area contributed by atoms with Gasteiger partial charge in [-0.3, -0.25) is 4.90 Å². The van der Waals surface area contributed by atoms with Crippen molar-refractivity contribution in [3.8, 4) is 0 Å². The van der Waals surface area contributed by atoms with Crippen molar-refractivity contribution >= 4 is 0 Å². The number of hydrogen-bond acceptors (Lipinski definition) is 2. The summed E-state index contributed by atoms with van der Waals surface area (Å²) in [5.74, 6) is 0.796. The number of hydrogen-bond donors (Lipinski definition) is 1. The van der Waals surface area contributed by atoms with Crippen LogP contribution in [-0.4, -0.2) is 36.1 Å². The second-order valence-corrected chi connectivity index (χ2v) is 7.56. The molecule has 1 heterocycles. The standard InChI is InChI=1S/C17H34N2/c1-6-13(3)15-12-19(14(7-2)11-18-15)16-9-8-10-17(16,4)5/h13-16,18H,6-12H2,1-5H3. The summed E-state index contributed by atoms with van der Waals surface area (Å²) < 4.78 is 0. The Bertz CT molecular complexity index is 287. The van der Waals surface area contributed by atoms with Crippen molar-refractivity contribution in [2.75, 3.05) is 13.1 Å². The van der Waals surface area contributed by atoms with Crippen molar-refractivity contribution in [2.45, 2.75) is 84.8 Å². The fraction of sp³-hybridized carbons (Fsp3) is 1.00. The largest absolute Gasteiger partial charge is 0.311 e. The van der Waals surface area contributed by atoms with Crippen LogP contribution in [0, 0.1) is 11.3 Å². The van der Waals surface area contributed by atoms with Gasteiger partial charge in [-0.2, -0.15) is 0 Å². The Hall–Kier alpha value is -0.0800. The molecule has 1 aliphatic heterocycles. The van der Waals surface area contributed by atoms with Crippen LogP contribution in [0.1, 0.15) is 66.7 Å². The topological polar surface area (TPSA) is 15.3 Å². The third-order valence-corrected chi connectivity index (χ3v) is 5.90.